The number of thioether (sulfide) groups is 2. The van der Waals surface area contributed by atoms with Gasteiger partial charge < -0.3 is 15.5 Å². The Kier molecular flexibility index (Phi) is 4.47. The van der Waals surface area contributed by atoms with Crippen LogP contribution < -0.4 is 5.32 Å². The van der Waals surface area contributed by atoms with E-state index in [9.17, 15) is 24.3 Å². The second-order valence-corrected chi connectivity index (χ2v) is 6.86. The molecule has 0 saturated carbocycles. The molecule has 1 fully saturated rings. The predicted octanol–water partition coefficient (Wildman–Crippen LogP) is -0.132. The van der Waals surface area contributed by atoms with E-state index in [0.29, 0.717) is 4.24 Å². The Hall–Kier alpha value is -1.68. The molecule has 0 spiro atoms. The monoisotopic (exact) mass is 332 g/mol. The number of nitrogens with one attached hydrogen (secondary N) is 1. The maximum absolute atomic E-state index is 11.4. The summed E-state index contributed by atoms with van der Waals surface area (Å²) in [4.78, 5) is 45.8. The Bertz CT molecular complexity index is 561. The van der Waals surface area contributed by atoms with E-state index < -0.39 is 23.9 Å². The van der Waals surface area contributed by atoms with Crippen molar-refractivity contribution in [3.05, 3.63) is 9.93 Å². The first-order valence-corrected chi connectivity index (χ1v) is 7.76. The van der Waals surface area contributed by atoms with Gasteiger partial charge in [0.25, 0.3) is 0 Å². The first kappa shape index (κ1) is 15.7. The van der Waals surface area contributed by atoms with Crippen LogP contribution in [0.2, 0.25) is 0 Å². The molecular weight excluding hydrogens is 320 g/mol. The van der Waals surface area contributed by atoms with Gasteiger partial charge in [0.1, 0.15) is 6.04 Å². The smallest absolute Gasteiger partial charge is 0.354 e. The second kappa shape index (κ2) is 5.98. The van der Waals surface area contributed by atoms with Gasteiger partial charge in [0.2, 0.25) is 11.8 Å². The lowest BCUT2D eigenvalue weighted by atomic mass is 10.2. The van der Waals surface area contributed by atoms with Gasteiger partial charge in [-0.15, -0.1) is 11.8 Å². The van der Waals surface area contributed by atoms with E-state index in [1.54, 1.807) is 0 Å². The fourth-order valence-corrected chi connectivity index (χ4v) is 4.67. The van der Waals surface area contributed by atoms with E-state index in [0.717, 1.165) is 11.8 Å². The normalized spacial score (nSPS) is 21.7. The number of aliphatic carboxylic acids is 2. The first-order chi connectivity index (χ1) is 9.81. The summed E-state index contributed by atoms with van der Waals surface area (Å²) < 4.78 is 0.398. The zero-order valence-electron chi connectivity index (χ0n) is 10.9. The molecule has 21 heavy (non-hydrogen) atoms. The number of nitrogens with zero attached hydrogens (tertiary/aromatic N) is 1. The van der Waals surface area contributed by atoms with E-state index in [-0.39, 0.29) is 29.2 Å². The van der Waals surface area contributed by atoms with Gasteiger partial charge in [0, 0.05) is 12.7 Å². The largest absolute Gasteiger partial charge is 0.480 e. The summed E-state index contributed by atoms with van der Waals surface area (Å²) in [5.41, 5.74) is -0.0989. The highest BCUT2D eigenvalue weighted by molar-refractivity contribution is 8.22. The number of carbonyl (C=O) groups is 4. The SMILES string of the molecule is CC(=O)NC(CSC1=C(C(=O)O)N2C(=O)C[C@@H]2S1)C(=O)O. The van der Waals surface area contributed by atoms with Gasteiger partial charge in [-0.25, -0.2) is 9.59 Å². The molecule has 2 amide bonds. The van der Waals surface area contributed by atoms with Crippen LogP contribution in [0.5, 0.6) is 0 Å². The van der Waals surface area contributed by atoms with Crippen LogP contribution in [0.4, 0.5) is 0 Å². The van der Waals surface area contributed by atoms with Crippen LogP contribution in [-0.4, -0.2) is 56.0 Å². The molecule has 8 nitrogen and oxygen atoms in total. The Morgan fingerprint density at radius 1 is 1.48 bits per heavy atom. The molecule has 114 valence electrons. The molecule has 0 radical (unpaired) electrons. The van der Waals surface area contributed by atoms with Gasteiger partial charge in [-0.1, -0.05) is 11.8 Å². The van der Waals surface area contributed by atoms with Gasteiger partial charge in [-0.3, -0.25) is 14.5 Å². The average Bonchev–Trinajstić information content (AvgIpc) is 2.66. The van der Waals surface area contributed by atoms with Crippen LogP contribution in [0.3, 0.4) is 0 Å². The molecule has 0 aliphatic carbocycles. The Morgan fingerprint density at radius 2 is 2.14 bits per heavy atom. The Labute approximate surface area is 127 Å². The Morgan fingerprint density at radius 3 is 2.62 bits per heavy atom. The van der Waals surface area contributed by atoms with Crippen LogP contribution in [0, 0.1) is 0 Å². The van der Waals surface area contributed by atoms with Crippen molar-refractivity contribution in [2.24, 2.45) is 0 Å². The van der Waals surface area contributed by atoms with Crippen molar-refractivity contribution >= 4 is 47.3 Å². The highest BCUT2D eigenvalue weighted by Gasteiger charge is 2.48. The second-order valence-electron chi connectivity index (χ2n) is 4.38. The molecule has 2 rings (SSSR count). The van der Waals surface area contributed by atoms with Crippen molar-refractivity contribution in [2.75, 3.05) is 5.75 Å². The maximum atomic E-state index is 11.4. The fourth-order valence-electron chi connectivity index (χ4n) is 1.90. The molecule has 2 heterocycles. The van der Waals surface area contributed by atoms with Crippen LogP contribution in [0.1, 0.15) is 13.3 Å². The van der Waals surface area contributed by atoms with E-state index in [4.69, 9.17) is 5.11 Å². The first-order valence-electron chi connectivity index (χ1n) is 5.90. The van der Waals surface area contributed by atoms with Crippen molar-refractivity contribution in [2.45, 2.75) is 24.8 Å². The topological polar surface area (TPSA) is 124 Å². The minimum atomic E-state index is -1.22. The number of carboxylic acid groups (broad SMARTS) is 2. The zero-order valence-corrected chi connectivity index (χ0v) is 12.5. The molecule has 0 aromatic carbocycles. The van der Waals surface area contributed by atoms with Crippen molar-refractivity contribution in [1.29, 1.82) is 0 Å². The number of amides is 2. The molecule has 3 N–H and O–H groups in total. The van der Waals surface area contributed by atoms with Crippen LogP contribution in [0.15, 0.2) is 9.93 Å². The highest BCUT2D eigenvalue weighted by atomic mass is 32.2. The van der Waals surface area contributed by atoms with Crippen LogP contribution >= 0.6 is 23.5 Å². The summed E-state index contributed by atoms with van der Waals surface area (Å²) in [6.07, 6.45) is 0.277. The molecule has 2 atom stereocenters. The molecule has 10 heteroatoms. The molecule has 2 aliphatic rings. The van der Waals surface area contributed by atoms with Gasteiger partial charge in [0.15, 0.2) is 5.70 Å². The summed E-state index contributed by atoms with van der Waals surface area (Å²) in [5.74, 6) is -3.15. The van der Waals surface area contributed by atoms with Crippen LogP contribution in [-0.2, 0) is 19.2 Å². The number of carbonyl (C=O) groups excluding carboxylic acids is 2. The summed E-state index contributed by atoms with van der Waals surface area (Å²) in [7, 11) is 0. The summed E-state index contributed by atoms with van der Waals surface area (Å²) >= 11 is 2.26. The maximum Gasteiger partial charge on any atom is 0.354 e. The molecule has 1 unspecified atom stereocenters. The van der Waals surface area contributed by atoms with Crippen molar-refractivity contribution in [3.8, 4) is 0 Å². The Balaban J connectivity index is 2.08. The number of hydrogen-bond donors (Lipinski definition) is 3. The van der Waals surface area contributed by atoms with Gasteiger partial charge in [-0.2, -0.15) is 0 Å². The predicted molar refractivity (Wildman–Crippen MR) is 75.2 cm³/mol. The van der Waals surface area contributed by atoms with Gasteiger partial charge >= 0.3 is 11.9 Å². The van der Waals surface area contributed by atoms with Crippen molar-refractivity contribution in [1.82, 2.24) is 10.2 Å². The van der Waals surface area contributed by atoms with E-state index in [1.807, 2.05) is 0 Å². The third kappa shape index (κ3) is 3.16. The molecular formula is C11H12N2O6S2. The quantitative estimate of drug-likeness (QED) is 0.575. The summed E-state index contributed by atoms with van der Waals surface area (Å²) in [5, 5.41) is 20.2. The third-order valence-corrected chi connectivity index (χ3v) is 5.50. The van der Waals surface area contributed by atoms with Crippen LogP contribution in [0.25, 0.3) is 0 Å². The van der Waals surface area contributed by atoms with E-state index in [1.165, 1.54) is 23.6 Å². The molecule has 0 aromatic heterocycles. The van der Waals surface area contributed by atoms with Gasteiger partial charge in [0.05, 0.1) is 16.0 Å². The number of carboxylic acids is 2. The lowest BCUT2D eigenvalue weighted by Crippen LogP contribution is -2.48. The summed E-state index contributed by atoms with van der Waals surface area (Å²) in [6.45, 7) is 1.21. The minimum absolute atomic E-state index is 0.0111. The summed E-state index contributed by atoms with van der Waals surface area (Å²) in [6, 6.07) is -1.11. The number of β-lactam (4-membered cyclic amide) rings is 1. The lowest BCUT2D eigenvalue weighted by Gasteiger charge is -2.33. The number of fused-ring (bicyclic) bond motifs is 1. The van der Waals surface area contributed by atoms with Gasteiger partial charge in [-0.05, 0) is 0 Å². The van der Waals surface area contributed by atoms with Crippen molar-refractivity contribution < 1.29 is 29.4 Å². The van der Waals surface area contributed by atoms with E-state index in [2.05, 4.69) is 5.32 Å². The minimum Gasteiger partial charge on any atom is -0.480 e. The lowest BCUT2D eigenvalue weighted by molar-refractivity contribution is -0.145. The van der Waals surface area contributed by atoms with E-state index >= 15 is 0 Å². The van der Waals surface area contributed by atoms with Crippen molar-refractivity contribution in [3.63, 3.8) is 0 Å². The molecule has 0 bridgehead atoms. The third-order valence-electron chi connectivity index (χ3n) is 2.84. The number of hydrogen-bond acceptors (Lipinski definition) is 6. The fraction of sp³-hybridized carbons (Fsp3) is 0.455. The average molecular weight is 332 g/mol. The zero-order chi connectivity index (χ0) is 15.7. The standard InChI is InChI=1S/C11H12N2O6S2/c1-4(14)12-5(9(16)17)3-20-11-8(10(18)19)13-6(15)2-7(13)21-11/h5,7H,2-3H2,1H3,(H,12,14)(H,16,17)(H,18,19)/t5?,7-/m0/s1. The molecule has 1 saturated heterocycles. The highest BCUT2D eigenvalue weighted by Crippen LogP contribution is 2.50. The number of rotatable bonds is 6. The molecule has 0 aromatic rings. The molecule has 2 aliphatic heterocycles.